The average molecular weight is 445 g/mol. The number of benzene rings is 2. The van der Waals surface area contributed by atoms with Crippen molar-refractivity contribution in [3.05, 3.63) is 69.1 Å². The van der Waals surface area contributed by atoms with Crippen molar-refractivity contribution >= 4 is 57.6 Å². The highest BCUT2D eigenvalue weighted by atomic mass is 32.2. The number of rotatable bonds is 7. The first-order valence-electron chi connectivity index (χ1n) is 8.53. The van der Waals surface area contributed by atoms with Gasteiger partial charge in [0.2, 0.25) is 0 Å². The molecular formula is C19H15N3O6S2. The minimum Gasteiger partial charge on any atom is -0.479 e. The molecule has 2 aromatic carbocycles. The van der Waals surface area contributed by atoms with E-state index in [1.807, 2.05) is 0 Å². The molecule has 1 heterocycles. The van der Waals surface area contributed by atoms with Gasteiger partial charge >= 0.3 is 5.97 Å². The standard InChI is InChI=1S/C19H15N3O6S2/c1-11(18(24)25)28-15-8-2-12(3-9-15)10-16-17(23)21(19(29)30-16)20-13-4-6-14(7-5-13)22(26)27/h2-11,20H,1H3,(H,24,25)/b16-10+. The van der Waals surface area contributed by atoms with E-state index >= 15 is 0 Å². The van der Waals surface area contributed by atoms with E-state index in [9.17, 15) is 19.7 Å². The molecule has 1 unspecified atom stereocenters. The quantitative estimate of drug-likeness (QED) is 0.284. The summed E-state index contributed by atoms with van der Waals surface area (Å²) in [6, 6.07) is 12.2. The predicted molar refractivity (Wildman–Crippen MR) is 116 cm³/mol. The summed E-state index contributed by atoms with van der Waals surface area (Å²) in [7, 11) is 0. The molecule has 1 amide bonds. The summed E-state index contributed by atoms with van der Waals surface area (Å²) in [4.78, 5) is 34.1. The first-order chi connectivity index (χ1) is 14.2. The first kappa shape index (κ1) is 21.3. The molecule has 11 heteroatoms. The number of carboxylic acids is 1. The van der Waals surface area contributed by atoms with Crippen LogP contribution in [0.15, 0.2) is 53.4 Å². The predicted octanol–water partition coefficient (Wildman–Crippen LogP) is 3.68. The Balaban J connectivity index is 1.70. The van der Waals surface area contributed by atoms with Gasteiger partial charge in [-0.3, -0.25) is 20.3 Å². The Morgan fingerprint density at radius 1 is 1.27 bits per heavy atom. The van der Waals surface area contributed by atoms with E-state index in [1.165, 1.54) is 36.2 Å². The molecule has 0 bridgehead atoms. The van der Waals surface area contributed by atoms with Crippen molar-refractivity contribution in [1.82, 2.24) is 5.01 Å². The van der Waals surface area contributed by atoms with E-state index in [4.69, 9.17) is 22.1 Å². The highest BCUT2D eigenvalue weighted by molar-refractivity contribution is 8.26. The van der Waals surface area contributed by atoms with Crippen molar-refractivity contribution in [2.45, 2.75) is 13.0 Å². The Labute approximate surface area is 180 Å². The number of carboxylic acid groups (broad SMARTS) is 1. The van der Waals surface area contributed by atoms with Gasteiger partial charge in [-0.15, -0.1) is 0 Å². The second-order valence-corrected chi connectivity index (χ2v) is 7.78. The Kier molecular flexibility index (Phi) is 6.33. The number of nitro benzene ring substituents is 1. The van der Waals surface area contributed by atoms with Crippen LogP contribution in [0.3, 0.4) is 0 Å². The van der Waals surface area contributed by atoms with Crippen molar-refractivity contribution < 1.29 is 24.4 Å². The number of thiocarbonyl (C=S) groups is 1. The fourth-order valence-electron chi connectivity index (χ4n) is 2.40. The van der Waals surface area contributed by atoms with Gasteiger partial charge in [-0.05, 0) is 55.0 Å². The minimum absolute atomic E-state index is 0.0593. The molecule has 9 nitrogen and oxygen atoms in total. The lowest BCUT2D eigenvalue weighted by Crippen LogP contribution is -2.33. The SMILES string of the molecule is CC(Oc1ccc(/C=C2/SC(=S)N(Nc3ccc([N+](=O)[O-])cc3)C2=O)cc1)C(=O)O. The molecule has 0 radical (unpaired) electrons. The number of hydrogen-bond donors (Lipinski definition) is 2. The zero-order valence-corrected chi connectivity index (χ0v) is 17.1. The lowest BCUT2D eigenvalue weighted by atomic mass is 10.2. The largest absolute Gasteiger partial charge is 0.479 e. The molecule has 1 fully saturated rings. The number of amides is 1. The fraction of sp³-hybridized carbons (Fsp3) is 0.105. The fourth-order valence-corrected chi connectivity index (χ4v) is 3.58. The van der Waals surface area contributed by atoms with Gasteiger partial charge in [0, 0.05) is 12.1 Å². The third-order valence-corrected chi connectivity index (χ3v) is 5.25. The molecule has 0 aliphatic carbocycles. The van der Waals surface area contributed by atoms with E-state index in [0.717, 1.165) is 11.8 Å². The molecule has 0 spiro atoms. The summed E-state index contributed by atoms with van der Waals surface area (Å²) in [5.41, 5.74) is 3.98. The molecule has 2 aromatic rings. The van der Waals surface area contributed by atoms with Gasteiger partial charge in [0.15, 0.2) is 10.4 Å². The van der Waals surface area contributed by atoms with E-state index in [1.54, 1.807) is 30.3 Å². The monoisotopic (exact) mass is 445 g/mol. The van der Waals surface area contributed by atoms with Gasteiger partial charge in [0.25, 0.3) is 11.6 Å². The lowest BCUT2D eigenvalue weighted by molar-refractivity contribution is -0.384. The Morgan fingerprint density at radius 3 is 2.47 bits per heavy atom. The number of carbonyl (C=O) groups is 2. The molecule has 0 aromatic heterocycles. The maximum atomic E-state index is 12.7. The second kappa shape index (κ2) is 8.93. The van der Waals surface area contributed by atoms with Gasteiger partial charge in [0.05, 0.1) is 15.5 Å². The van der Waals surface area contributed by atoms with Crippen molar-refractivity contribution in [3.8, 4) is 5.75 Å². The van der Waals surface area contributed by atoms with E-state index in [2.05, 4.69) is 5.43 Å². The molecule has 0 saturated carbocycles. The van der Waals surface area contributed by atoms with Crippen molar-refractivity contribution in [3.63, 3.8) is 0 Å². The number of nitrogens with one attached hydrogen (secondary N) is 1. The topological polar surface area (TPSA) is 122 Å². The van der Waals surface area contributed by atoms with Gasteiger partial charge < -0.3 is 9.84 Å². The van der Waals surface area contributed by atoms with Crippen molar-refractivity contribution in [1.29, 1.82) is 0 Å². The number of hydrogen-bond acceptors (Lipinski definition) is 8. The Bertz CT molecular complexity index is 1040. The average Bonchev–Trinajstić information content (AvgIpc) is 2.97. The van der Waals surface area contributed by atoms with Crippen molar-refractivity contribution in [2.24, 2.45) is 0 Å². The Morgan fingerprint density at radius 2 is 1.90 bits per heavy atom. The van der Waals surface area contributed by atoms with Gasteiger partial charge in [-0.1, -0.05) is 23.9 Å². The normalized spacial score (nSPS) is 15.9. The molecule has 1 saturated heterocycles. The van der Waals surface area contributed by atoms with Crippen molar-refractivity contribution in [2.75, 3.05) is 5.43 Å². The minimum atomic E-state index is -1.07. The molecule has 2 N–H and O–H groups in total. The maximum Gasteiger partial charge on any atom is 0.344 e. The van der Waals surface area contributed by atoms with Gasteiger partial charge in [-0.2, -0.15) is 0 Å². The molecule has 1 aliphatic rings. The van der Waals surface area contributed by atoms with Crippen LogP contribution in [0.2, 0.25) is 0 Å². The van der Waals surface area contributed by atoms with E-state index in [0.29, 0.717) is 26.2 Å². The van der Waals surface area contributed by atoms with Crippen LogP contribution < -0.4 is 10.2 Å². The van der Waals surface area contributed by atoms with E-state index in [-0.39, 0.29) is 11.6 Å². The van der Waals surface area contributed by atoms with Crippen LogP contribution in [0.5, 0.6) is 5.75 Å². The number of thioether (sulfide) groups is 1. The van der Waals surface area contributed by atoms with Gasteiger partial charge in [0.1, 0.15) is 5.75 Å². The molecule has 3 rings (SSSR count). The summed E-state index contributed by atoms with van der Waals surface area (Å²) in [5.74, 6) is -1.03. The van der Waals surface area contributed by atoms with E-state index < -0.39 is 17.0 Å². The third kappa shape index (κ3) is 4.93. The maximum absolute atomic E-state index is 12.7. The Hall–Kier alpha value is -3.44. The number of hydrazine groups is 1. The number of non-ortho nitro benzene ring substituents is 1. The number of nitro groups is 1. The number of nitrogens with zero attached hydrogens (tertiary/aromatic N) is 2. The van der Waals surface area contributed by atoms with Crippen LogP contribution in [0, 0.1) is 10.1 Å². The highest BCUT2D eigenvalue weighted by Gasteiger charge is 2.32. The first-order valence-corrected chi connectivity index (χ1v) is 9.75. The van der Waals surface area contributed by atoms with Crippen LogP contribution >= 0.6 is 24.0 Å². The van der Waals surface area contributed by atoms with Crippen LogP contribution in [0.4, 0.5) is 11.4 Å². The third-order valence-electron chi connectivity index (χ3n) is 3.95. The summed E-state index contributed by atoms with van der Waals surface area (Å²) in [5, 5.41) is 20.8. The van der Waals surface area contributed by atoms with Crippen LogP contribution in [-0.2, 0) is 9.59 Å². The molecule has 30 heavy (non-hydrogen) atoms. The summed E-state index contributed by atoms with van der Waals surface area (Å²) >= 11 is 6.36. The number of carbonyl (C=O) groups excluding carboxylic acids is 1. The van der Waals surface area contributed by atoms with Crippen LogP contribution in [0.1, 0.15) is 12.5 Å². The van der Waals surface area contributed by atoms with Gasteiger partial charge in [-0.25, -0.2) is 9.80 Å². The zero-order valence-electron chi connectivity index (χ0n) is 15.5. The second-order valence-electron chi connectivity index (χ2n) is 6.10. The molecule has 1 atom stereocenters. The number of aliphatic carboxylic acids is 1. The molecule has 1 aliphatic heterocycles. The summed E-state index contributed by atoms with van der Waals surface area (Å²) in [6.07, 6.45) is 0.680. The number of ether oxygens (including phenoxy) is 1. The summed E-state index contributed by atoms with van der Waals surface area (Å²) < 4.78 is 5.56. The smallest absolute Gasteiger partial charge is 0.344 e. The number of anilines is 1. The lowest BCUT2D eigenvalue weighted by Gasteiger charge is -2.16. The van der Waals surface area contributed by atoms with Crippen LogP contribution in [0.25, 0.3) is 6.08 Å². The molecular weight excluding hydrogens is 430 g/mol. The van der Waals surface area contributed by atoms with Crippen LogP contribution in [-0.4, -0.2) is 37.3 Å². The highest BCUT2D eigenvalue weighted by Crippen LogP contribution is 2.33. The summed E-state index contributed by atoms with van der Waals surface area (Å²) in [6.45, 7) is 1.43. The molecule has 154 valence electrons. The zero-order chi connectivity index (χ0) is 21.8.